The first-order chi connectivity index (χ1) is 9.01. The maximum atomic E-state index is 11.7. The van der Waals surface area contributed by atoms with Gasteiger partial charge in [0.05, 0.1) is 12.3 Å². The molecule has 0 unspecified atom stereocenters. The van der Waals surface area contributed by atoms with Crippen LogP contribution in [0.1, 0.15) is 25.0 Å². The van der Waals surface area contributed by atoms with Crippen molar-refractivity contribution >= 4 is 28.9 Å². The minimum atomic E-state index is -0.249. The van der Waals surface area contributed by atoms with E-state index in [0.29, 0.717) is 18.1 Å². The largest absolute Gasteiger partial charge is 0.465 e. The zero-order valence-corrected chi connectivity index (χ0v) is 12.4. The summed E-state index contributed by atoms with van der Waals surface area (Å²) in [5.74, 6) is -0.249. The molecule has 104 valence electrons. The van der Waals surface area contributed by atoms with E-state index in [1.54, 1.807) is 6.92 Å². The molecular formula is C14H20N2O2S. The van der Waals surface area contributed by atoms with Crippen LogP contribution < -0.4 is 10.6 Å². The fraction of sp³-hybridized carbons (Fsp3) is 0.429. The standard InChI is InChI=1S/C14H20N2O2S/c1-4-16(9-12(17)18-5-2)13-10(3)7-6-8-11(13)14(15)19/h6-8H,4-5,9H2,1-3H3,(H2,15,19). The van der Waals surface area contributed by atoms with Gasteiger partial charge in [0.25, 0.3) is 0 Å². The van der Waals surface area contributed by atoms with E-state index in [0.717, 1.165) is 16.8 Å². The van der Waals surface area contributed by atoms with Crippen LogP contribution in [0.2, 0.25) is 0 Å². The molecule has 0 fully saturated rings. The SMILES string of the molecule is CCOC(=O)CN(CC)c1c(C)cccc1C(N)=S. The lowest BCUT2D eigenvalue weighted by Crippen LogP contribution is -2.33. The molecule has 0 saturated carbocycles. The van der Waals surface area contributed by atoms with Crippen LogP contribution in [0.5, 0.6) is 0 Å². The number of esters is 1. The second-order valence-corrected chi connectivity index (χ2v) is 4.59. The molecule has 0 spiro atoms. The highest BCUT2D eigenvalue weighted by molar-refractivity contribution is 7.80. The van der Waals surface area contributed by atoms with Gasteiger partial charge in [0.2, 0.25) is 0 Å². The monoisotopic (exact) mass is 280 g/mol. The maximum Gasteiger partial charge on any atom is 0.325 e. The molecule has 0 bridgehead atoms. The number of nitrogens with zero attached hydrogens (tertiary/aromatic N) is 1. The minimum Gasteiger partial charge on any atom is -0.465 e. The summed E-state index contributed by atoms with van der Waals surface area (Å²) in [5, 5.41) is 0. The van der Waals surface area contributed by atoms with Crippen molar-refractivity contribution in [1.29, 1.82) is 0 Å². The molecule has 2 N–H and O–H groups in total. The summed E-state index contributed by atoms with van der Waals surface area (Å²) in [7, 11) is 0. The van der Waals surface area contributed by atoms with Crippen LogP contribution in [-0.2, 0) is 9.53 Å². The molecular weight excluding hydrogens is 260 g/mol. The van der Waals surface area contributed by atoms with Crippen molar-refractivity contribution in [3.05, 3.63) is 29.3 Å². The Morgan fingerprint density at radius 1 is 1.42 bits per heavy atom. The molecule has 0 heterocycles. The lowest BCUT2D eigenvalue weighted by molar-refractivity contribution is -0.141. The van der Waals surface area contributed by atoms with Gasteiger partial charge in [-0.05, 0) is 32.4 Å². The summed E-state index contributed by atoms with van der Waals surface area (Å²) in [6.07, 6.45) is 0. The van der Waals surface area contributed by atoms with Gasteiger partial charge in [0.1, 0.15) is 11.5 Å². The second kappa shape index (κ2) is 7.09. The van der Waals surface area contributed by atoms with Gasteiger partial charge in [-0.3, -0.25) is 4.79 Å². The molecule has 5 heteroatoms. The molecule has 0 aliphatic heterocycles. The fourth-order valence-corrected chi connectivity index (χ4v) is 2.15. The summed E-state index contributed by atoms with van der Waals surface area (Å²) in [5.41, 5.74) is 8.49. The predicted octanol–water partition coefficient (Wildman–Crippen LogP) is 2.02. The van der Waals surface area contributed by atoms with Crippen molar-refractivity contribution in [3.63, 3.8) is 0 Å². The molecule has 0 radical (unpaired) electrons. The maximum absolute atomic E-state index is 11.7. The smallest absolute Gasteiger partial charge is 0.325 e. The average Bonchev–Trinajstić information content (AvgIpc) is 2.36. The van der Waals surface area contributed by atoms with Gasteiger partial charge in [-0.1, -0.05) is 24.4 Å². The molecule has 1 aromatic rings. The van der Waals surface area contributed by atoms with Gasteiger partial charge in [0.15, 0.2) is 0 Å². The summed E-state index contributed by atoms with van der Waals surface area (Å²) in [4.78, 5) is 13.9. The number of carbonyl (C=O) groups is 1. The van der Waals surface area contributed by atoms with Crippen molar-refractivity contribution in [2.75, 3.05) is 24.6 Å². The quantitative estimate of drug-likeness (QED) is 0.638. The Morgan fingerprint density at radius 2 is 2.11 bits per heavy atom. The van der Waals surface area contributed by atoms with E-state index < -0.39 is 0 Å². The summed E-state index contributed by atoms with van der Waals surface area (Å²) in [6.45, 7) is 7.01. The number of anilines is 1. The van der Waals surface area contributed by atoms with Crippen LogP contribution >= 0.6 is 12.2 Å². The number of para-hydroxylation sites is 1. The van der Waals surface area contributed by atoms with Crippen molar-refractivity contribution in [2.45, 2.75) is 20.8 Å². The van der Waals surface area contributed by atoms with Crippen LogP contribution in [0.4, 0.5) is 5.69 Å². The van der Waals surface area contributed by atoms with Crippen LogP contribution in [0.15, 0.2) is 18.2 Å². The van der Waals surface area contributed by atoms with Gasteiger partial charge >= 0.3 is 5.97 Å². The first-order valence-corrected chi connectivity index (χ1v) is 6.72. The molecule has 19 heavy (non-hydrogen) atoms. The van der Waals surface area contributed by atoms with Crippen molar-refractivity contribution in [2.24, 2.45) is 5.73 Å². The Bertz CT molecular complexity index is 475. The van der Waals surface area contributed by atoms with E-state index in [9.17, 15) is 4.79 Å². The number of thiocarbonyl (C=S) groups is 1. The van der Waals surface area contributed by atoms with Gasteiger partial charge in [0, 0.05) is 12.1 Å². The number of aryl methyl sites for hydroxylation is 1. The first kappa shape index (κ1) is 15.4. The molecule has 4 nitrogen and oxygen atoms in total. The third-order valence-electron chi connectivity index (χ3n) is 2.83. The van der Waals surface area contributed by atoms with Crippen LogP contribution in [-0.4, -0.2) is 30.7 Å². The molecule has 1 rings (SSSR count). The average molecular weight is 280 g/mol. The number of likely N-dealkylation sites (N-methyl/N-ethyl adjacent to an activating group) is 1. The number of rotatable bonds is 6. The van der Waals surface area contributed by atoms with Gasteiger partial charge in [-0.25, -0.2) is 0 Å². The zero-order valence-electron chi connectivity index (χ0n) is 11.6. The van der Waals surface area contributed by atoms with Crippen LogP contribution in [0, 0.1) is 6.92 Å². The highest BCUT2D eigenvalue weighted by Gasteiger charge is 2.17. The highest BCUT2D eigenvalue weighted by Crippen LogP contribution is 2.25. The van der Waals surface area contributed by atoms with E-state index in [1.165, 1.54) is 0 Å². The lowest BCUT2D eigenvalue weighted by Gasteiger charge is -2.26. The number of benzene rings is 1. The third kappa shape index (κ3) is 3.92. The molecule has 1 aromatic carbocycles. The summed E-state index contributed by atoms with van der Waals surface area (Å²) >= 11 is 5.08. The highest BCUT2D eigenvalue weighted by atomic mass is 32.1. The van der Waals surface area contributed by atoms with Crippen molar-refractivity contribution < 1.29 is 9.53 Å². The Kier molecular flexibility index (Phi) is 5.76. The van der Waals surface area contributed by atoms with Crippen LogP contribution in [0.25, 0.3) is 0 Å². The molecule has 0 aliphatic rings. The second-order valence-electron chi connectivity index (χ2n) is 4.15. The van der Waals surface area contributed by atoms with Gasteiger partial charge in [-0.2, -0.15) is 0 Å². The zero-order chi connectivity index (χ0) is 14.4. The third-order valence-corrected chi connectivity index (χ3v) is 3.05. The normalized spacial score (nSPS) is 10.1. The predicted molar refractivity (Wildman–Crippen MR) is 81.6 cm³/mol. The summed E-state index contributed by atoms with van der Waals surface area (Å²) in [6, 6.07) is 5.76. The molecule has 0 atom stereocenters. The van der Waals surface area contributed by atoms with Crippen LogP contribution in [0.3, 0.4) is 0 Å². The number of carbonyl (C=O) groups excluding carboxylic acids is 1. The van der Waals surface area contributed by atoms with Crippen molar-refractivity contribution in [1.82, 2.24) is 0 Å². The molecule has 0 saturated heterocycles. The van der Waals surface area contributed by atoms with E-state index >= 15 is 0 Å². The molecule has 0 aliphatic carbocycles. The van der Waals surface area contributed by atoms with E-state index in [2.05, 4.69) is 0 Å². The van der Waals surface area contributed by atoms with E-state index in [1.807, 2.05) is 36.9 Å². The molecule has 0 amide bonds. The van der Waals surface area contributed by atoms with E-state index in [4.69, 9.17) is 22.7 Å². The Labute approximate surface area is 119 Å². The topological polar surface area (TPSA) is 55.6 Å². The minimum absolute atomic E-state index is 0.199. The number of nitrogens with two attached hydrogens (primary N) is 1. The summed E-state index contributed by atoms with van der Waals surface area (Å²) < 4.78 is 4.99. The Morgan fingerprint density at radius 3 is 2.63 bits per heavy atom. The fourth-order valence-electron chi connectivity index (χ4n) is 1.99. The van der Waals surface area contributed by atoms with E-state index in [-0.39, 0.29) is 12.5 Å². The Hall–Kier alpha value is -1.62. The van der Waals surface area contributed by atoms with Crippen molar-refractivity contribution in [3.8, 4) is 0 Å². The number of hydrogen-bond acceptors (Lipinski definition) is 4. The number of ether oxygens (including phenoxy) is 1. The van der Waals surface area contributed by atoms with Gasteiger partial charge < -0.3 is 15.4 Å². The molecule has 0 aromatic heterocycles. The first-order valence-electron chi connectivity index (χ1n) is 6.31. The lowest BCUT2D eigenvalue weighted by atomic mass is 10.1. The van der Waals surface area contributed by atoms with Gasteiger partial charge in [-0.15, -0.1) is 0 Å². The number of hydrogen-bond donors (Lipinski definition) is 1. The Balaban J connectivity index is 3.10.